The molecule has 0 unspecified atom stereocenters. The Morgan fingerprint density at radius 2 is 1.80 bits per heavy atom. The van der Waals surface area contributed by atoms with E-state index in [2.05, 4.69) is 67.2 Å². The quantitative estimate of drug-likeness (QED) is 0.163. The molecule has 0 radical (unpaired) electrons. The smallest absolute Gasteiger partial charge is 0.271 e. The summed E-state index contributed by atoms with van der Waals surface area (Å²) in [5.41, 5.74) is 11.6. The molecule has 0 aliphatic carbocycles. The number of aromatic nitrogens is 1. The zero-order valence-electron chi connectivity index (χ0n) is 21.4. The molecular weight excluding hydrogens is 436 g/mol. The summed E-state index contributed by atoms with van der Waals surface area (Å²) in [6.07, 6.45) is 8.94. The van der Waals surface area contributed by atoms with Crippen molar-refractivity contribution in [2.24, 2.45) is 5.10 Å². The molecule has 182 valence electrons. The molecule has 6 heteroatoms. The van der Waals surface area contributed by atoms with Crippen molar-refractivity contribution in [3.8, 4) is 0 Å². The predicted molar refractivity (Wildman–Crippen MR) is 144 cm³/mol. The number of aldehydes is 1. The van der Waals surface area contributed by atoms with E-state index in [1.807, 2.05) is 31.1 Å². The minimum Gasteiger partial charge on any atom is -0.343 e. The van der Waals surface area contributed by atoms with E-state index in [0.717, 1.165) is 23.0 Å². The number of amides is 1. The molecule has 1 amide bonds. The maximum Gasteiger partial charge on any atom is 0.271 e. The van der Waals surface area contributed by atoms with Crippen LogP contribution in [0.4, 0.5) is 0 Å². The first-order chi connectivity index (χ1) is 16.7. The van der Waals surface area contributed by atoms with Gasteiger partial charge in [-0.05, 0) is 93.9 Å². The Bertz CT molecular complexity index is 1300. The van der Waals surface area contributed by atoms with Gasteiger partial charge in [-0.3, -0.25) is 9.59 Å². The van der Waals surface area contributed by atoms with Gasteiger partial charge >= 0.3 is 0 Å². The third-order valence-corrected chi connectivity index (χ3v) is 6.36. The van der Waals surface area contributed by atoms with Crippen molar-refractivity contribution in [3.05, 3.63) is 93.7 Å². The Morgan fingerprint density at radius 1 is 1.09 bits per heavy atom. The molecule has 0 fully saturated rings. The summed E-state index contributed by atoms with van der Waals surface area (Å²) in [7, 11) is 3.81. The number of allylic oxidation sites excluding steroid dienone is 1. The lowest BCUT2D eigenvalue weighted by molar-refractivity contribution is -0.117. The Kier molecular flexibility index (Phi) is 8.55. The van der Waals surface area contributed by atoms with E-state index in [1.54, 1.807) is 12.3 Å². The Labute approximate surface area is 207 Å². The first-order valence-corrected chi connectivity index (χ1v) is 11.7. The Hall–Kier alpha value is -3.77. The van der Waals surface area contributed by atoms with Gasteiger partial charge in [-0.1, -0.05) is 24.3 Å². The van der Waals surface area contributed by atoms with E-state index in [4.69, 9.17) is 0 Å². The van der Waals surface area contributed by atoms with Gasteiger partial charge in [-0.2, -0.15) is 5.10 Å². The summed E-state index contributed by atoms with van der Waals surface area (Å²) in [5.74, 6) is -0.369. The highest BCUT2D eigenvalue weighted by Crippen LogP contribution is 2.25. The molecule has 3 aromatic rings. The molecule has 0 spiro atoms. The first-order valence-electron chi connectivity index (χ1n) is 11.7. The van der Waals surface area contributed by atoms with E-state index in [1.165, 1.54) is 40.0 Å². The van der Waals surface area contributed by atoms with E-state index in [9.17, 15) is 9.59 Å². The standard InChI is InChI=1S/C29H34N4O2/c1-20-17-21(2)23(4)27(22(20)3)19-33-15-13-26-25(9-7-11-28(26)33)18-30-31-29(35)24(10-8-16-34)12-14-32(5)6/h7-13,15-18H,14,19H2,1-6H3,(H,31,35)/b10-8-,24-12+,30-18-. The summed E-state index contributed by atoms with van der Waals surface area (Å²) in [6.45, 7) is 10.1. The molecule has 0 aliphatic heterocycles. The lowest BCUT2D eigenvalue weighted by Crippen LogP contribution is -2.20. The summed E-state index contributed by atoms with van der Waals surface area (Å²) < 4.78 is 2.26. The minimum atomic E-state index is -0.369. The van der Waals surface area contributed by atoms with Gasteiger partial charge in [0.1, 0.15) is 6.29 Å². The van der Waals surface area contributed by atoms with Crippen molar-refractivity contribution in [2.45, 2.75) is 34.2 Å². The van der Waals surface area contributed by atoms with E-state index < -0.39 is 0 Å². The molecule has 0 atom stereocenters. The number of nitrogens with one attached hydrogen (secondary N) is 1. The van der Waals surface area contributed by atoms with Gasteiger partial charge in [0.05, 0.1) is 6.21 Å². The molecule has 0 bridgehead atoms. The number of hydrogen-bond acceptors (Lipinski definition) is 4. The van der Waals surface area contributed by atoms with Crippen LogP contribution in [0.3, 0.4) is 0 Å². The highest BCUT2D eigenvalue weighted by Gasteiger charge is 2.12. The van der Waals surface area contributed by atoms with Gasteiger partial charge in [0, 0.05) is 41.3 Å². The highest BCUT2D eigenvalue weighted by molar-refractivity contribution is 6.01. The molecule has 2 aromatic carbocycles. The highest BCUT2D eigenvalue weighted by atomic mass is 16.2. The van der Waals surface area contributed by atoms with E-state index in [0.29, 0.717) is 18.4 Å². The number of rotatable bonds is 9. The molecule has 1 N–H and O–H groups in total. The number of benzene rings is 2. The molecule has 3 rings (SSSR count). The second-order valence-electron chi connectivity index (χ2n) is 9.08. The number of carbonyl (C=O) groups is 2. The number of carbonyl (C=O) groups excluding carboxylic acids is 2. The number of aryl methyl sites for hydroxylation is 2. The number of hydrazone groups is 1. The molecule has 35 heavy (non-hydrogen) atoms. The number of hydrogen-bond donors (Lipinski definition) is 1. The second-order valence-corrected chi connectivity index (χ2v) is 9.08. The van der Waals surface area contributed by atoms with Crippen molar-refractivity contribution in [1.29, 1.82) is 0 Å². The average molecular weight is 471 g/mol. The number of likely N-dealkylation sites (N-methyl/N-ethyl adjacent to an activating group) is 1. The van der Waals surface area contributed by atoms with Gasteiger partial charge in [-0.15, -0.1) is 0 Å². The SMILES string of the molecule is Cc1cc(C)c(C)c(Cn2ccc3c(/C=N\NC(=O)C(/C=C\C=O)=C/CN(C)C)cccc32)c1C. The molecule has 1 heterocycles. The first kappa shape index (κ1) is 25.8. The lowest BCUT2D eigenvalue weighted by atomic mass is 9.94. The molecule has 0 aliphatic rings. The van der Waals surface area contributed by atoms with Crippen molar-refractivity contribution in [3.63, 3.8) is 0 Å². The van der Waals surface area contributed by atoms with Crippen LogP contribution >= 0.6 is 0 Å². The van der Waals surface area contributed by atoms with Crippen LogP contribution in [0.5, 0.6) is 0 Å². The minimum absolute atomic E-state index is 0.369. The van der Waals surface area contributed by atoms with Gasteiger partial charge in [0.25, 0.3) is 5.91 Å². The van der Waals surface area contributed by atoms with Crippen LogP contribution in [0.15, 0.2) is 65.4 Å². The second kappa shape index (κ2) is 11.6. The maximum absolute atomic E-state index is 12.6. The third-order valence-electron chi connectivity index (χ3n) is 6.36. The van der Waals surface area contributed by atoms with Crippen LogP contribution < -0.4 is 5.43 Å². The van der Waals surface area contributed by atoms with Crippen molar-refractivity contribution in [2.75, 3.05) is 20.6 Å². The van der Waals surface area contributed by atoms with Crippen LogP contribution in [0.2, 0.25) is 0 Å². The Balaban J connectivity index is 1.83. The fraction of sp³-hybridized carbons (Fsp3) is 0.276. The van der Waals surface area contributed by atoms with Crippen LogP contribution in [0.25, 0.3) is 10.9 Å². The fourth-order valence-corrected chi connectivity index (χ4v) is 4.09. The van der Waals surface area contributed by atoms with Crippen LogP contribution in [0, 0.1) is 27.7 Å². The lowest BCUT2D eigenvalue weighted by Gasteiger charge is -2.16. The average Bonchev–Trinajstić information content (AvgIpc) is 3.24. The monoisotopic (exact) mass is 470 g/mol. The molecular formula is C29H34N4O2. The Morgan fingerprint density at radius 3 is 2.46 bits per heavy atom. The van der Waals surface area contributed by atoms with E-state index >= 15 is 0 Å². The van der Waals surface area contributed by atoms with Crippen LogP contribution in [-0.4, -0.2) is 48.5 Å². The van der Waals surface area contributed by atoms with Crippen LogP contribution in [0.1, 0.15) is 33.4 Å². The van der Waals surface area contributed by atoms with Gasteiger partial charge in [-0.25, -0.2) is 5.43 Å². The van der Waals surface area contributed by atoms with E-state index in [-0.39, 0.29) is 5.91 Å². The zero-order valence-corrected chi connectivity index (χ0v) is 21.4. The van der Waals surface area contributed by atoms with Crippen molar-refractivity contribution in [1.82, 2.24) is 14.9 Å². The maximum atomic E-state index is 12.6. The summed E-state index contributed by atoms with van der Waals surface area (Å²) in [5, 5.41) is 5.25. The van der Waals surface area contributed by atoms with Crippen molar-refractivity contribution >= 4 is 29.3 Å². The summed E-state index contributed by atoms with van der Waals surface area (Å²) in [6, 6.07) is 10.4. The number of nitrogens with zero attached hydrogens (tertiary/aromatic N) is 3. The predicted octanol–water partition coefficient (Wildman–Crippen LogP) is 4.62. The summed E-state index contributed by atoms with van der Waals surface area (Å²) >= 11 is 0. The van der Waals surface area contributed by atoms with Gasteiger partial charge < -0.3 is 9.47 Å². The zero-order chi connectivity index (χ0) is 25.5. The number of fused-ring (bicyclic) bond motifs is 1. The van der Waals surface area contributed by atoms with Crippen LogP contribution in [-0.2, 0) is 16.1 Å². The molecule has 6 nitrogen and oxygen atoms in total. The van der Waals surface area contributed by atoms with Gasteiger partial charge in [0.15, 0.2) is 0 Å². The van der Waals surface area contributed by atoms with Gasteiger partial charge in [0.2, 0.25) is 0 Å². The fourth-order valence-electron chi connectivity index (χ4n) is 4.09. The molecule has 0 saturated heterocycles. The molecule has 1 aromatic heterocycles. The topological polar surface area (TPSA) is 66.7 Å². The largest absolute Gasteiger partial charge is 0.343 e. The summed E-state index contributed by atoms with van der Waals surface area (Å²) in [4.78, 5) is 25.2. The van der Waals surface area contributed by atoms with Crippen molar-refractivity contribution < 1.29 is 9.59 Å². The third kappa shape index (κ3) is 6.22. The normalized spacial score (nSPS) is 12.4. The molecule has 0 saturated carbocycles.